The minimum absolute atomic E-state index is 0.551. The number of aromatic nitrogens is 1. The normalized spacial score (nSPS) is 19.8. The monoisotopic (exact) mass is 321 g/mol. The average Bonchev–Trinajstić information content (AvgIpc) is 2.89. The summed E-state index contributed by atoms with van der Waals surface area (Å²) in [7, 11) is 1.79. The van der Waals surface area contributed by atoms with Gasteiger partial charge in [0.05, 0.1) is 12.2 Å². The predicted molar refractivity (Wildman–Crippen MR) is 93.7 cm³/mol. The molecule has 1 saturated heterocycles. The van der Waals surface area contributed by atoms with E-state index in [4.69, 9.17) is 4.42 Å². The maximum Gasteiger partial charge on any atom is 0.214 e. The predicted octanol–water partition coefficient (Wildman–Crippen LogP) is 2.22. The number of nitrogens with zero attached hydrogens (tertiary/aromatic N) is 3. The molecule has 1 aromatic heterocycles. The Kier molecular flexibility index (Phi) is 6.89. The van der Waals surface area contributed by atoms with Gasteiger partial charge in [-0.05, 0) is 39.7 Å². The van der Waals surface area contributed by atoms with Crippen molar-refractivity contribution >= 4 is 5.96 Å². The van der Waals surface area contributed by atoms with Crippen LogP contribution in [0.25, 0.3) is 0 Å². The molecule has 1 aliphatic heterocycles. The highest BCUT2D eigenvalue weighted by molar-refractivity contribution is 5.79. The fraction of sp³-hybridized carbons (Fsp3) is 0.765. The fourth-order valence-corrected chi connectivity index (χ4v) is 3.13. The maximum atomic E-state index is 5.57. The van der Waals surface area contributed by atoms with E-state index in [1.165, 1.54) is 32.2 Å². The lowest BCUT2D eigenvalue weighted by atomic mass is 10.0. The Hall–Kier alpha value is -1.56. The lowest BCUT2D eigenvalue weighted by Gasteiger charge is -2.35. The Morgan fingerprint density at radius 2 is 2.17 bits per heavy atom. The van der Waals surface area contributed by atoms with Gasteiger partial charge in [0.25, 0.3) is 0 Å². The molecule has 0 bridgehead atoms. The van der Waals surface area contributed by atoms with E-state index in [0.29, 0.717) is 12.4 Å². The van der Waals surface area contributed by atoms with Crippen LogP contribution in [0, 0.1) is 13.8 Å². The summed E-state index contributed by atoms with van der Waals surface area (Å²) in [5.74, 6) is 2.37. The van der Waals surface area contributed by atoms with Crippen LogP contribution in [0.5, 0.6) is 0 Å². The molecule has 2 rings (SSSR count). The molecule has 130 valence electrons. The molecule has 1 aromatic rings. The molecule has 23 heavy (non-hydrogen) atoms. The van der Waals surface area contributed by atoms with Gasteiger partial charge in [0.2, 0.25) is 5.89 Å². The number of nitrogens with one attached hydrogen (secondary N) is 2. The van der Waals surface area contributed by atoms with Crippen LogP contribution in [0.2, 0.25) is 0 Å². The smallest absolute Gasteiger partial charge is 0.214 e. The number of rotatable bonds is 6. The molecule has 0 saturated carbocycles. The molecule has 1 atom stereocenters. The molecular formula is C17H31N5O. The summed E-state index contributed by atoms with van der Waals surface area (Å²) in [5, 5.41) is 6.63. The Morgan fingerprint density at radius 3 is 2.83 bits per heavy atom. The van der Waals surface area contributed by atoms with Crippen LogP contribution in [0.15, 0.2) is 9.41 Å². The molecule has 0 spiro atoms. The Bertz CT molecular complexity index is 492. The Morgan fingerprint density at radius 1 is 1.35 bits per heavy atom. The van der Waals surface area contributed by atoms with Gasteiger partial charge in [0, 0.05) is 26.2 Å². The zero-order valence-corrected chi connectivity index (χ0v) is 15.0. The second-order valence-corrected chi connectivity index (χ2v) is 6.20. The number of hydrogen-bond donors (Lipinski definition) is 2. The van der Waals surface area contributed by atoms with E-state index in [9.17, 15) is 0 Å². The van der Waals surface area contributed by atoms with Crippen molar-refractivity contribution in [3.63, 3.8) is 0 Å². The van der Waals surface area contributed by atoms with Crippen LogP contribution in [0.4, 0.5) is 0 Å². The number of guanidine groups is 1. The molecule has 1 fully saturated rings. The van der Waals surface area contributed by atoms with Crippen molar-refractivity contribution in [3.05, 3.63) is 17.3 Å². The first-order chi connectivity index (χ1) is 11.1. The van der Waals surface area contributed by atoms with Gasteiger partial charge in [-0.3, -0.25) is 9.89 Å². The standard InChI is InChI=1S/C17H31N5O/c1-5-15-8-6-7-10-22(15)11-9-19-17(18-4)20-12-16-21-13(2)14(3)23-16/h15H,5-12H2,1-4H3,(H2,18,19,20). The molecule has 0 radical (unpaired) electrons. The van der Waals surface area contributed by atoms with Gasteiger partial charge in [0.15, 0.2) is 5.96 Å². The van der Waals surface area contributed by atoms with Gasteiger partial charge in [-0.2, -0.15) is 0 Å². The minimum atomic E-state index is 0.551. The van der Waals surface area contributed by atoms with Crippen LogP contribution in [-0.2, 0) is 6.54 Å². The van der Waals surface area contributed by atoms with Crippen LogP contribution in [-0.4, -0.2) is 48.6 Å². The van der Waals surface area contributed by atoms with E-state index in [1.54, 1.807) is 7.05 Å². The van der Waals surface area contributed by atoms with Crippen molar-refractivity contribution in [2.75, 3.05) is 26.7 Å². The maximum absolute atomic E-state index is 5.57. The summed E-state index contributed by atoms with van der Waals surface area (Å²) in [5.41, 5.74) is 0.945. The lowest BCUT2D eigenvalue weighted by molar-refractivity contribution is 0.147. The molecule has 2 heterocycles. The third-order valence-electron chi connectivity index (χ3n) is 4.62. The number of aryl methyl sites for hydroxylation is 2. The van der Waals surface area contributed by atoms with E-state index in [0.717, 1.165) is 36.5 Å². The fourth-order valence-electron chi connectivity index (χ4n) is 3.13. The highest BCUT2D eigenvalue weighted by Crippen LogP contribution is 2.18. The third kappa shape index (κ3) is 5.23. The third-order valence-corrected chi connectivity index (χ3v) is 4.62. The zero-order valence-electron chi connectivity index (χ0n) is 15.0. The summed E-state index contributed by atoms with van der Waals surface area (Å²) in [6.07, 6.45) is 5.29. The molecule has 6 heteroatoms. The van der Waals surface area contributed by atoms with E-state index in [-0.39, 0.29) is 0 Å². The topological polar surface area (TPSA) is 65.7 Å². The molecule has 1 unspecified atom stereocenters. The SMILES string of the molecule is CCC1CCCCN1CCNC(=NC)NCc1nc(C)c(C)o1. The van der Waals surface area contributed by atoms with Crippen molar-refractivity contribution in [2.24, 2.45) is 4.99 Å². The number of hydrogen-bond acceptors (Lipinski definition) is 4. The van der Waals surface area contributed by atoms with Gasteiger partial charge in [-0.15, -0.1) is 0 Å². The average molecular weight is 321 g/mol. The quantitative estimate of drug-likeness (QED) is 0.621. The number of piperidine rings is 1. The zero-order chi connectivity index (χ0) is 16.7. The van der Waals surface area contributed by atoms with E-state index in [1.807, 2.05) is 13.8 Å². The van der Waals surface area contributed by atoms with Gasteiger partial charge in [-0.25, -0.2) is 4.98 Å². The second-order valence-electron chi connectivity index (χ2n) is 6.20. The first-order valence-corrected chi connectivity index (χ1v) is 8.75. The molecule has 0 aliphatic carbocycles. The van der Waals surface area contributed by atoms with Crippen molar-refractivity contribution in [1.29, 1.82) is 0 Å². The highest BCUT2D eigenvalue weighted by Gasteiger charge is 2.19. The van der Waals surface area contributed by atoms with Crippen molar-refractivity contribution < 1.29 is 4.42 Å². The number of likely N-dealkylation sites (tertiary alicyclic amines) is 1. The summed E-state index contributed by atoms with van der Waals surface area (Å²) in [6.45, 7) is 9.92. The molecule has 6 nitrogen and oxygen atoms in total. The first-order valence-electron chi connectivity index (χ1n) is 8.75. The minimum Gasteiger partial charge on any atom is -0.444 e. The molecule has 0 aromatic carbocycles. The molecule has 0 amide bonds. The summed E-state index contributed by atoms with van der Waals surface area (Å²) in [4.78, 5) is 11.2. The summed E-state index contributed by atoms with van der Waals surface area (Å²) in [6, 6.07) is 0.749. The second kappa shape index (κ2) is 8.91. The van der Waals surface area contributed by atoms with Crippen LogP contribution in [0.1, 0.15) is 50.0 Å². The van der Waals surface area contributed by atoms with Crippen LogP contribution < -0.4 is 10.6 Å². The number of oxazole rings is 1. The lowest BCUT2D eigenvalue weighted by Crippen LogP contribution is -2.45. The van der Waals surface area contributed by atoms with E-state index < -0.39 is 0 Å². The highest BCUT2D eigenvalue weighted by atomic mass is 16.4. The Balaban J connectivity index is 1.72. The van der Waals surface area contributed by atoms with Crippen molar-refractivity contribution in [2.45, 2.75) is 59.0 Å². The van der Waals surface area contributed by atoms with Gasteiger partial charge in [0.1, 0.15) is 5.76 Å². The van der Waals surface area contributed by atoms with Gasteiger partial charge < -0.3 is 15.1 Å². The van der Waals surface area contributed by atoms with Gasteiger partial charge in [-0.1, -0.05) is 13.3 Å². The molecule has 2 N–H and O–H groups in total. The first kappa shape index (κ1) is 17.8. The molecular weight excluding hydrogens is 290 g/mol. The number of aliphatic imine (C=N–C) groups is 1. The van der Waals surface area contributed by atoms with E-state index in [2.05, 4.69) is 32.4 Å². The Labute approximate surface area is 139 Å². The molecule has 1 aliphatic rings. The van der Waals surface area contributed by atoms with Crippen LogP contribution in [0.3, 0.4) is 0 Å². The van der Waals surface area contributed by atoms with Gasteiger partial charge >= 0.3 is 0 Å². The summed E-state index contributed by atoms with van der Waals surface area (Å²) < 4.78 is 5.57. The van der Waals surface area contributed by atoms with Crippen LogP contribution >= 0.6 is 0 Å². The van der Waals surface area contributed by atoms with Crippen molar-refractivity contribution in [1.82, 2.24) is 20.5 Å². The largest absolute Gasteiger partial charge is 0.444 e. The van der Waals surface area contributed by atoms with E-state index >= 15 is 0 Å². The van der Waals surface area contributed by atoms with Crippen molar-refractivity contribution in [3.8, 4) is 0 Å². The summed E-state index contributed by atoms with van der Waals surface area (Å²) >= 11 is 0.